The van der Waals surface area contributed by atoms with E-state index in [9.17, 15) is 8.42 Å². The maximum atomic E-state index is 11.5. The lowest BCUT2D eigenvalue weighted by Gasteiger charge is -2.19. The molecular weight excluding hydrogens is 288 g/mol. The van der Waals surface area contributed by atoms with Crippen LogP contribution in [0.25, 0.3) is 0 Å². The summed E-state index contributed by atoms with van der Waals surface area (Å²) in [5, 5.41) is -0.422. The van der Waals surface area contributed by atoms with Gasteiger partial charge in [-0.2, -0.15) is 0 Å². The molecule has 1 aromatic rings. The van der Waals surface area contributed by atoms with Gasteiger partial charge in [-0.1, -0.05) is 39.7 Å². The predicted octanol–water partition coefficient (Wildman–Crippen LogP) is 3.17. The van der Waals surface area contributed by atoms with Crippen LogP contribution >= 0.6 is 15.9 Å². The summed E-state index contributed by atoms with van der Waals surface area (Å²) in [5.41, 5.74) is 3.36. The summed E-state index contributed by atoms with van der Waals surface area (Å²) in [7, 11) is -3.02. The highest BCUT2D eigenvalue weighted by molar-refractivity contribution is 9.09. The largest absolute Gasteiger partial charge is 0.229 e. The Hall–Kier alpha value is -0.350. The van der Waals surface area contributed by atoms with Gasteiger partial charge in [-0.25, -0.2) is 8.42 Å². The van der Waals surface area contributed by atoms with Crippen LogP contribution in [-0.2, 0) is 9.84 Å². The fourth-order valence-electron chi connectivity index (χ4n) is 1.60. The smallest absolute Gasteiger partial charge is 0.151 e. The van der Waals surface area contributed by atoms with Crippen LogP contribution < -0.4 is 0 Å². The van der Waals surface area contributed by atoms with Crippen molar-refractivity contribution < 1.29 is 8.42 Å². The highest BCUT2D eigenvalue weighted by atomic mass is 79.9. The van der Waals surface area contributed by atoms with Gasteiger partial charge in [-0.3, -0.25) is 0 Å². The minimum Gasteiger partial charge on any atom is -0.229 e. The number of halogens is 1. The molecule has 16 heavy (non-hydrogen) atoms. The highest BCUT2D eigenvalue weighted by Crippen LogP contribution is 2.32. The number of hydrogen-bond acceptors (Lipinski definition) is 2. The molecule has 0 aliphatic rings. The topological polar surface area (TPSA) is 34.1 Å². The van der Waals surface area contributed by atoms with E-state index in [4.69, 9.17) is 0 Å². The van der Waals surface area contributed by atoms with Crippen LogP contribution in [0.2, 0.25) is 0 Å². The van der Waals surface area contributed by atoms with Crippen LogP contribution in [0.5, 0.6) is 0 Å². The molecule has 1 rings (SSSR count). The molecule has 0 bridgehead atoms. The minimum absolute atomic E-state index is 0.150. The van der Waals surface area contributed by atoms with Crippen molar-refractivity contribution in [2.45, 2.75) is 30.8 Å². The van der Waals surface area contributed by atoms with Gasteiger partial charge < -0.3 is 0 Å². The van der Waals surface area contributed by atoms with Crippen molar-refractivity contribution >= 4 is 25.8 Å². The van der Waals surface area contributed by atoms with E-state index < -0.39 is 15.1 Å². The Morgan fingerprint density at radius 1 is 1.25 bits per heavy atom. The van der Waals surface area contributed by atoms with Crippen LogP contribution in [0.15, 0.2) is 18.2 Å². The van der Waals surface area contributed by atoms with Crippen LogP contribution in [0, 0.1) is 13.8 Å². The second kappa shape index (κ2) is 4.88. The van der Waals surface area contributed by atoms with Gasteiger partial charge in [-0.15, -0.1) is 0 Å². The second-order valence-electron chi connectivity index (χ2n) is 4.30. The minimum atomic E-state index is -3.02. The van der Waals surface area contributed by atoms with Crippen LogP contribution in [0.4, 0.5) is 0 Å². The van der Waals surface area contributed by atoms with Gasteiger partial charge in [0.05, 0.1) is 10.1 Å². The normalized spacial score (nSPS) is 15.8. The van der Waals surface area contributed by atoms with Crippen molar-refractivity contribution in [3.05, 3.63) is 34.9 Å². The third-order valence-electron chi connectivity index (χ3n) is 2.81. The first-order chi connectivity index (χ1) is 7.23. The maximum absolute atomic E-state index is 11.5. The number of rotatable bonds is 3. The number of hydrogen-bond donors (Lipinski definition) is 0. The van der Waals surface area contributed by atoms with Crippen molar-refractivity contribution in [3.63, 3.8) is 0 Å². The summed E-state index contributed by atoms with van der Waals surface area (Å²) in [6.45, 7) is 5.76. The van der Waals surface area contributed by atoms with Gasteiger partial charge >= 0.3 is 0 Å². The van der Waals surface area contributed by atoms with Crippen molar-refractivity contribution in [2.75, 3.05) is 6.26 Å². The SMILES string of the molecule is Cc1ccc(C(Br)C(C)S(C)(=O)=O)c(C)c1. The molecule has 0 fully saturated rings. The Balaban J connectivity index is 3.10. The first kappa shape index (κ1) is 13.7. The van der Waals surface area contributed by atoms with Gasteiger partial charge in [0.2, 0.25) is 0 Å². The van der Waals surface area contributed by atoms with Crippen LogP contribution in [0.1, 0.15) is 28.4 Å². The number of alkyl halides is 1. The average molecular weight is 305 g/mol. The molecule has 2 atom stereocenters. The Kier molecular flexibility index (Phi) is 4.18. The fraction of sp³-hybridized carbons (Fsp3) is 0.500. The lowest BCUT2D eigenvalue weighted by molar-refractivity contribution is 0.588. The third kappa shape index (κ3) is 3.08. The van der Waals surface area contributed by atoms with Crippen molar-refractivity contribution in [3.8, 4) is 0 Å². The first-order valence-electron chi connectivity index (χ1n) is 5.13. The predicted molar refractivity (Wildman–Crippen MR) is 71.9 cm³/mol. The lowest BCUT2D eigenvalue weighted by Crippen LogP contribution is -2.21. The Bertz CT molecular complexity index is 480. The Morgan fingerprint density at radius 3 is 2.25 bits per heavy atom. The van der Waals surface area contributed by atoms with E-state index in [0.717, 1.165) is 11.1 Å². The molecule has 2 unspecified atom stereocenters. The standard InChI is InChI=1S/C12H17BrO2S/c1-8-5-6-11(9(2)7-8)12(13)10(3)16(4,14)15/h5-7,10,12H,1-4H3. The molecule has 0 spiro atoms. The fourth-order valence-corrected chi connectivity index (χ4v) is 3.88. The summed E-state index contributed by atoms with van der Waals surface area (Å²) < 4.78 is 23.0. The van der Waals surface area contributed by atoms with E-state index in [1.807, 2.05) is 26.0 Å². The van der Waals surface area contributed by atoms with Crippen molar-refractivity contribution in [1.82, 2.24) is 0 Å². The van der Waals surface area contributed by atoms with E-state index in [1.165, 1.54) is 11.8 Å². The maximum Gasteiger partial charge on any atom is 0.151 e. The lowest BCUT2D eigenvalue weighted by atomic mass is 10.0. The van der Waals surface area contributed by atoms with Crippen molar-refractivity contribution in [2.24, 2.45) is 0 Å². The molecule has 0 saturated heterocycles. The molecule has 0 N–H and O–H groups in total. The Morgan fingerprint density at radius 2 is 1.81 bits per heavy atom. The molecule has 4 heteroatoms. The second-order valence-corrected chi connectivity index (χ2v) is 7.69. The summed E-state index contributed by atoms with van der Waals surface area (Å²) in [5.74, 6) is 0. The monoisotopic (exact) mass is 304 g/mol. The van der Waals surface area contributed by atoms with Gasteiger partial charge in [0.15, 0.2) is 9.84 Å². The van der Waals surface area contributed by atoms with Crippen molar-refractivity contribution in [1.29, 1.82) is 0 Å². The zero-order chi connectivity index (χ0) is 12.5. The van der Waals surface area contributed by atoms with E-state index in [0.29, 0.717) is 0 Å². The summed E-state index contributed by atoms with van der Waals surface area (Å²) >= 11 is 3.48. The van der Waals surface area contributed by atoms with Crippen LogP contribution in [-0.4, -0.2) is 19.9 Å². The zero-order valence-corrected chi connectivity index (χ0v) is 12.4. The number of aryl methyl sites for hydroxylation is 2. The Labute approximate surface area is 106 Å². The molecule has 0 aliphatic heterocycles. The third-order valence-corrected chi connectivity index (χ3v) is 6.07. The summed E-state index contributed by atoms with van der Waals surface area (Å²) in [6, 6.07) is 6.07. The van der Waals surface area contributed by atoms with E-state index in [2.05, 4.69) is 22.0 Å². The molecule has 90 valence electrons. The molecular formula is C12H17BrO2S. The first-order valence-corrected chi connectivity index (χ1v) is 8.00. The summed E-state index contributed by atoms with van der Waals surface area (Å²) in [4.78, 5) is -0.150. The average Bonchev–Trinajstić information content (AvgIpc) is 2.14. The molecule has 0 aromatic heterocycles. The van der Waals surface area contributed by atoms with E-state index >= 15 is 0 Å². The number of benzene rings is 1. The van der Waals surface area contributed by atoms with Gasteiger partial charge in [0.25, 0.3) is 0 Å². The van der Waals surface area contributed by atoms with Gasteiger partial charge in [0, 0.05) is 6.26 Å². The van der Waals surface area contributed by atoms with Gasteiger partial charge in [-0.05, 0) is 31.9 Å². The molecule has 0 heterocycles. The highest BCUT2D eigenvalue weighted by Gasteiger charge is 2.25. The van der Waals surface area contributed by atoms with Crippen LogP contribution in [0.3, 0.4) is 0 Å². The molecule has 0 saturated carbocycles. The molecule has 0 radical (unpaired) electrons. The van der Waals surface area contributed by atoms with E-state index in [1.54, 1.807) is 6.92 Å². The van der Waals surface area contributed by atoms with E-state index in [-0.39, 0.29) is 4.83 Å². The summed E-state index contributed by atoms with van der Waals surface area (Å²) in [6.07, 6.45) is 1.27. The molecule has 1 aromatic carbocycles. The quantitative estimate of drug-likeness (QED) is 0.804. The molecule has 0 aliphatic carbocycles. The van der Waals surface area contributed by atoms with Gasteiger partial charge in [0.1, 0.15) is 0 Å². The number of sulfone groups is 1. The zero-order valence-electron chi connectivity index (χ0n) is 9.99. The molecule has 2 nitrogen and oxygen atoms in total. The molecule has 0 amide bonds.